The first-order chi connectivity index (χ1) is 8.79. The Kier molecular flexibility index (Phi) is 4.23. The monoisotopic (exact) mass is 245 g/mol. The Hall–Kier alpha value is -1.97. The number of benzene rings is 1. The summed E-state index contributed by atoms with van der Waals surface area (Å²) in [5.41, 5.74) is 1.11. The van der Waals surface area contributed by atoms with Crippen molar-refractivity contribution in [3.8, 4) is 5.75 Å². The highest BCUT2D eigenvalue weighted by Crippen LogP contribution is 2.17. The lowest BCUT2D eigenvalue weighted by molar-refractivity contribution is 0.358. The number of ether oxygens (including phenoxy) is 1. The van der Waals surface area contributed by atoms with Crippen molar-refractivity contribution in [1.29, 1.82) is 0 Å². The van der Waals surface area contributed by atoms with Gasteiger partial charge in [0.05, 0.1) is 6.54 Å². The summed E-state index contributed by atoms with van der Waals surface area (Å²) in [5.74, 6) is 1.75. The third kappa shape index (κ3) is 3.26. The van der Waals surface area contributed by atoms with Crippen LogP contribution in [0.15, 0.2) is 41.9 Å². The van der Waals surface area contributed by atoms with Crippen LogP contribution in [0.1, 0.15) is 12.5 Å². The number of hydrogen-bond donors (Lipinski definition) is 2. The van der Waals surface area contributed by atoms with Gasteiger partial charge in [-0.3, -0.25) is 4.99 Å². The molecule has 1 aromatic carbocycles. The van der Waals surface area contributed by atoms with Crippen LogP contribution in [0, 0.1) is 0 Å². The van der Waals surface area contributed by atoms with E-state index in [0.717, 1.165) is 23.8 Å². The van der Waals surface area contributed by atoms with Crippen LogP contribution in [0.3, 0.4) is 0 Å². The molecular weight excluding hydrogens is 226 g/mol. The highest BCUT2D eigenvalue weighted by molar-refractivity contribution is 5.81. The predicted molar refractivity (Wildman–Crippen MR) is 73.9 cm³/mol. The molecule has 1 atom stereocenters. The van der Waals surface area contributed by atoms with Gasteiger partial charge in [-0.2, -0.15) is 0 Å². The molecule has 4 heteroatoms. The number of nitrogens with zero attached hydrogens (tertiary/aromatic N) is 1. The molecule has 0 radical (unpaired) electrons. The molecule has 0 saturated carbocycles. The average Bonchev–Trinajstić information content (AvgIpc) is 2.81. The molecule has 2 N–H and O–H groups in total. The van der Waals surface area contributed by atoms with Gasteiger partial charge in [0.25, 0.3) is 0 Å². The molecule has 0 bridgehead atoms. The molecule has 96 valence electrons. The van der Waals surface area contributed by atoms with Crippen molar-refractivity contribution < 1.29 is 4.74 Å². The molecule has 1 aliphatic rings. The van der Waals surface area contributed by atoms with Crippen LogP contribution < -0.4 is 15.4 Å². The van der Waals surface area contributed by atoms with E-state index < -0.39 is 0 Å². The molecule has 1 unspecified atom stereocenters. The van der Waals surface area contributed by atoms with Gasteiger partial charge in [0.15, 0.2) is 5.96 Å². The molecule has 0 aromatic heterocycles. The van der Waals surface area contributed by atoms with Gasteiger partial charge >= 0.3 is 0 Å². The number of rotatable bonds is 5. The molecule has 0 fully saturated rings. The quantitative estimate of drug-likeness (QED) is 0.776. The summed E-state index contributed by atoms with van der Waals surface area (Å²) in [5, 5.41) is 6.55. The second-order valence-electron chi connectivity index (χ2n) is 4.30. The van der Waals surface area contributed by atoms with Crippen LogP contribution in [-0.2, 0) is 6.54 Å². The Morgan fingerprint density at radius 2 is 2.39 bits per heavy atom. The Labute approximate surface area is 108 Å². The fraction of sp³-hybridized carbons (Fsp3) is 0.357. The van der Waals surface area contributed by atoms with E-state index in [4.69, 9.17) is 4.74 Å². The van der Waals surface area contributed by atoms with Crippen molar-refractivity contribution in [1.82, 2.24) is 10.6 Å². The molecule has 1 aliphatic heterocycles. The lowest BCUT2D eigenvalue weighted by Gasteiger charge is -2.12. The third-order valence-electron chi connectivity index (χ3n) is 2.68. The molecule has 0 amide bonds. The van der Waals surface area contributed by atoms with Gasteiger partial charge in [-0.15, -0.1) is 0 Å². The van der Waals surface area contributed by atoms with Gasteiger partial charge < -0.3 is 15.4 Å². The SMILES string of the molecule is C=CCOc1ccccc1CNC1=NCC(C)N1. The maximum atomic E-state index is 5.60. The van der Waals surface area contributed by atoms with Gasteiger partial charge in [-0.25, -0.2) is 0 Å². The zero-order valence-electron chi connectivity index (χ0n) is 10.6. The molecule has 0 spiro atoms. The molecule has 1 aromatic rings. The average molecular weight is 245 g/mol. The van der Waals surface area contributed by atoms with Crippen LogP contribution >= 0.6 is 0 Å². The highest BCUT2D eigenvalue weighted by Gasteiger charge is 2.12. The summed E-state index contributed by atoms with van der Waals surface area (Å²) in [6, 6.07) is 8.40. The first kappa shape index (κ1) is 12.5. The largest absolute Gasteiger partial charge is 0.489 e. The van der Waals surface area contributed by atoms with Gasteiger partial charge in [-0.05, 0) is 13.0 Å². The van der Waals surface area contributed by atoms with Crippen molar-refractivity contribution in [2.75, 3.05) is 13.2 Å². The van der Waals surface area contributed by atoms with E-state index in [1.165, 1.54) is 0 Å². The van der Waals surface area contributed by atoms with Gasteiger partial charge in [0.2, 0.25) is 0 Å². The Morgan fingerprint density at radius 1 is 1.56 bits per heavy atom. The van der Waals surface area contributed by atoms with Crippen molar-refractivity contribution in [2.45, 2.75) is 19.5 Å². The fourth-order valence-corrected chi connectivity index (χ4v) is 1.78. The molecular formula is C14H19N3O. The molecule has 0 aliphatic carbocycles. The van der Waals surface area contributed by atoms with Gasteiger partial charge in [0.1, 0.15) is 12.4 Å². The number of nitrogens with one attached hydrogen (secondary N) is 2. The Morgan fingerprint density at radius 3 is 3.11 bits per heavy atom. The predicted octanol–water partition coefficient (Wildman–Crippen LogP) is 1.69. The number of para-hydroxylation sites is 1. The summed E-state index contributed by atoms with van der Waals surface area (Å²) in [7, 11) is 0. The third-order valence-corrected chi connectivity index (χ3v) is 2.68. The number of guanidine groups is 1. The van der Waals surface area contributed by atoms with E-state index in [1.807, 2.05) is 24.3 Å². The highest BCUT2D eigenvalue weighted by atomic mass is 16.5. The Balaban J connectivity index is 1.94. The van der Waals surface area contributed by atoms with E-state index in [-0.39, 0.29) is 0 Å². The minimum absolute atomic E-state index is 0.416. The normalized spacial score (nSPS) is 17.8. The minimum atomic E-state index is 0.416. The van der Waals surface area contributed by atoms with E-state index in [0.29, 0.717) is 19.2 Å². The molecule has 1 heterocycles. The smallest absolute Gasteiger partial charge is 0.191 e. The standard InChI is InChI=1S/C14H19N3O/c1-3-8-18-13-7-5-4-6-12(13)10-16-14-15-9-11(2)17-14/h3-7,11H,1,8-10H2,2H3,(H2,15,16,17). The van der Waals surface area contributed by atoms with Crippen molar-refractivity contribution >= 4 is 5.96 Å². The number of hydrogen-bond acceptors (Lipinski definition) is 4. The van der Waals surface area contributed by atoms with E-state index in [1.54, 1.807) is 6.08 Å². The van der Waals surface area contributed by atoms with Crippen molar-refractivity contribution in [3.63, 3.8) is 0 Å². The van der Waals surface area contributed by atoms with Crippen molar-refractivity contribution in [3.05, 3.63) is 42.5 Å². The lowest BCUT2D eigenvalue weighted by Crippen LogP contribution is -2.37. The summed E-state index contributed by atoms with van der Waals surface area (Å²) >= 11 is 0. The molecule has 4 nitrogen and oxygen atoms in total. The number of aliphatic imine (C=N–C) groups is 1. The Bertz CT molecular complexity index is 442. The summed E-state index contributed by atoms with van der Waals surface area (Å²) < 4.78 is 5.60. The van der Waals surface area contributed by atoms with Crippen LogP contribution in [0.25, 0.3) is 0 Å². The van der Waals surface area contributed by atoms with Crippen LogP contribution in [0.5, 0.6) is 5.75 Å². The van der Waals surface area contributed by atoms with E-state index in [9.17, 15) is 0 Å². The summed E-state index contributed by atoms with van der Waals surface area (Å²) in [6.07, 6.45) is 1.74. The topological polar surface area (TPSA) is 45.6 Å². The van der Waals surface area contributed by atoms with Crippen LogP contribution in [0.4, 0.5) is 0 Å². The molecule has 0 saturated heterocycles. The molecule has 18 heavy (non-hydrogen) atoms. The van der Waals surface area contributed by atoms with E-state index in [2.05, 4.69) is 29.1 Å². The second-order valence-corrected chi connectivity index (χ2v) is 4.30. The van der Waals surface area contributed by atoms with E-state index >= 15 is 0 Å². The maximum absolute atomic E-state index is 5.60. The van der Waals surface area contributed by atoms with Crippen LogP contribution in [0.2, 0.25) is 0 Å². The van der Waals surface area contributed by atoms with Crippen LogP contribution in [-0.4, -0.2) is 25.2 Å². The first-order valence-electron chi connectivity index (χ1n) is 6.16. The van der Waals surface area contributed by atoms with Gasteiger partial charge in [-0.1, -0.05) is 30.9 Å². The zero-order valence-corrected chi connectivity index (χ0v) is 10.6. The maximum Gasteiger partial charge on any atom is 0.191 e. The summed E-state index contributed by atoms with van der Waals surface area (Å²) in [6.45, 7) is 7.82. The first-order valence-corrected chi connectivity index (χ1v) is 6.16. The zero-order chi connectivity index (χ0) is 12.8. The second kappa shape index (κ2) is 6.10. The lowest BCUT2D eigenvalue weighted by atomic mass is 10.2. The molecule has 2 rings (SSSR count). The fourth-order valence-electron chi connectivity index (χ4n) is 1.78. The minimum Gasteiger partial charge on any atom is -0.489 e. The summed E-state index contributed by atoms with van der Waals surface area (Å²) in [4.78, 5) is 4.36. The van der Waals surface area contributed by atoms with Gasteiger partial charge in [0, 0.05) is 18.2 Å². The van der Waals surface area contributed by atoms with Crippen molar-refractivity contribution in [2.24, 2.45) is 4.99 Å².